The second-order valence-electron chi connectivity index (χ2n) is 7.97. The Labute approximate surface area is 169 Å². The Hall–Kier alpha value is -2.29. The van der Waals surface area contributed by atoms with Crippen LogP contribution in [0.15, 0.2) is 69.8 Å². The number of hydrogen-bond donors (Lipinski definition) is 0. The number of esters is 1. The first-order valence-electron chi connectivity index (χ1n) is 10.4. The summed E-state index contributed by atoms with van der Waals surface area (Å²) in [7, 11) is 0. The van der Waals surface area contributed by atoms with Gasteiger partial charge < -0.3 is 9.15 Å². The number of rotatable bonds is 11. The summed E-state index contributed by atoms with van der Waals surface area (Å²) >= 11 is 0. The summed E-state index contributed by atoms with van der Waals surface area (Å²) in [6.45, 7) is 8.42. The quantitative estimate of drug-likeness (QED) is 0.303. The minimum Gasteiger partial charge on any atom is -0.472 e. The SMILES string of the molecule is CC1=C/C(=C\[C@H](C)CCC/C(C)=C/CC/C(C)=C/CCc2ccoc2)OC1=O. The van der Waals surface area contributed by atoms with Gasteiger partial charge in [-0.3, -0.25) is 0 Å². The van der Waals surface area contributed by atoms with Crippen molar-refractivity contribution < 1.29 is 13.9 Å². The number of carbonyl (C=O) groups excluding carboxylic acids is 1. The number of allylic oxidation sites excluding steroid dienone is 6. The third kappa shape index (κ3) is 8.16. The lowest BCUT2D eigenvalue weighted by molar-refractivity contribution is -0.133. The van der Waals surface area contributed by atoms with Crippen molar-refractivity contribution in [2.75, 3.05) is 0 Å². The van der Waals surface area contributed by atoms with Crippen molar-refractivity contribution in [1.82, 2.24) is 0 Å². The lowest BCUT2D eigenvalue weighted by Crippen LogP contribution is -1.97. The smallest absolute Gasteiger partial charge is 0.339 e. The highest BCUT2D eigenvalue weighted by Gasteiger charge is 2.17. The maximum atomic E-state index is 11.4. The minimum atomic E-state index is -0.219. The molecule has 1 aliphatic rings. The van der Waals surface area contributed by atoms with Gasteiger partial charge >= 0.3 is 5.97 Å². The van der Waals surface area contributed by atoms with Gasteiger partial charge in [-0.1, -0.05) is 30.2 Å². The van der Waals surface area contributed by atoms with Crippen LogP contribution < -0.4 is 0 Å². The van der Waals surface area contributed by atoms with Gasteiger partial charge in [0.25, 0.3) is 0 Å². The van der Waals surface area contributed by atoms with Gasteiger partial charge in [-0.25, -0.2) is 4.79 Å². The summed E-state index contributed by atoms with van der Waals surface area (Å²) in [6, 6.07) is 2.03. The summed E-state index contributed by atoms with van der Waals surface area (Å²) < 4.78 is 10.3. The molecule has 1 atom stereocenters. The number of cyclic esters (lactones) is 1. The molecule has 1 aliphatic heterocycles. The van der Waals surface area contributed by atoms with Crippen LogP contribution in [0.4, 0.5) is 0 Å². The molecule has 0 amide bonds. The van der Waals surface area contributed by atoms with Crippen LogP contribution in [0, 0.1) is 5.92 Å². The van der Waals surface area contributed by atoms with E-state index in [1.54, 1.807) is 13.2 Å². The molecule has 1 aromatic rings. The van der Waals surface area contributed by atoms with Crippen LogP contribution in [0.1, 0.15) is 71.8 Å². The Morgan fingerprint density at radius 3 is 2.57 bits per heavy atom. The number of aryl methyl sites for hydroxylation is 1. The number of hydrogen-bond acceptors (Lipinski definition) is 3. The molecule has 3 nitrogen and oxygen atoms in total. The first-order chi connectivity index (χ1) is 13.4. The van der Waals surface area contributed by atoms with E-state index >= 15 is 0 Å². The van der Waals surface area contributed by atoms with Crippen molar-refractivity contribution in [2.45, 2.75) is 72.6 Å². The zero-order valence-electron chi connectivity index (χ0n) is 17.8. The summed E-state index contributed by atoms with van der Waals surface area (Å²) in [5, 5.41) is 0. The van der Waals surface area contributed by atoms with Crippen molar-refractivity contribution in [3.63, 3.8) is 0 Å². The molecule has 0 spiro atoms. The Morgan fingerprint density at radius 1 is 1.14 bits per heavy atom. The fraction of sp³-hybridized carbons (Fsp3) is 0.480. The van der Waals surface area contributed by atoms with E-state index in [9.17, 15) is 4.79 Å². The third-order valence-electron chi connectivity index (χ3n) is 5.11. The molecule has 0 bridgehead atoms. The molecule has 152 valence electrons. The van der Waals surface area contributed by atoms with Crippen LogP contribution in [0.25, 0.3) is 0 Å². The minimum absolute atomic E-state index is 0.219. The van der Waals surface area contributed by atoms with Gasteiger partial charge in [0.15, 0.2) is 0 Å². The van der Waals surface area contributed by atoms with E-state index < -0.39 is 0 Å². The van der Waals surface area contributed by atoms with Gasteiger partial charge in [0, 0.05) is 5.57 Å². The first kappa shape index (κ1) is 22.0. The van der Waals surface area contributed by atoms with Gasteiger partial charge in [0.05, 0.1) is 12.5 Å². The van der Waals surface area contributed by atoms with E-state index in [0.717, 1.165) is 44.9 Å². The summed E-state index contributed by atoms with van der Waals surface area (Å²) in [5.41, 5.74) is 4.88. The zero-order chi connectivity index (χ0) is 20.4. The Bertz CT molecular complexity index is 745. The molecule has 0 saturated heterocycles. The van der Waals surface area contributed by atoms with E-state index in [1.165, 1.54) is 16.7 Å². The second-order valence-corrected chi connectivity index (χ2v) is 7.97. The molecule has 2 heterocycles. The fourth-order valence-electron chi connectivity index (χ4n) is 3.31. The standard InChI is InChI=1S/C25H34O3/c1-19(8-5-9-20(2)11-7-13-23-14-15-27-18-23)10-6-12-21(3)16-24-17-22(4)25(26)28-24/h8,11,14-18,21H,5-7,9-10,12-13H2,1-4H3/b19-8+,20-11+,24-16+/t21-/m1/s1. The molecular formula is C25H34O3. The second kappa shape index (κ2) is 11.5. The maximum absolute atomic E-state index is 11.4. The van der Waals surface area contributed by atoms with Gasteiger partial charge in [-0.05, 0) is 95.4 Å². The van der Waals surface area contributed by atoms with Crippen LogP contribution in [-0.4, -0.2) is 5.97 Å². The van der Waals surface area contributed by atoms with E-state index in [-0.39, 0.29) is 5.97 Å². The average molecular weight is 383 g/mol. The van der Waals surface area contributed by atoms with Gasteiger partial charge in [-0.2, -0.15) is 0 Å². The van der Waals surface area contributed by atoms with Crippen molar-refractivity contribution in [3.8, 4) is 0 Å². The van der Waals surface area contributed by atoms with Crippen LogP contribution in [-0.2, 0) is 16.0 Å². The molecule has 28 heavy (non-hydrogen) atoms. The Balaban J connectivity index is 1.60. The van der Waals surface area contributed by atoms with Crippen LogP contribution in [0.2, 0.25) is 0 Å². The zero-order valence-corrected chi connectivity index (χ0v) is 17.8. The molecular weight excluding hydrogens is 348 g/mol. The van der Waals surface area contributed by atoms with Crippen molar-refractivity contribution in [3.05, 3.63) is 70.9 Å². The van der Waals surface area contributed by atoms with Gasteiger partial charge in [0.1, 0.15) is 5.76 Å². The van der Waals surface area contributed by atoms with Gasteiger partial charge in [-0.15, -0.1) is 0 Å². The maximum Gasteiger partial charge on any atom is 0.339 e. The van der Waals surface area contributed by atoms with E-state index in [1.807, 2.05) is 18.4 Å². The molecule has 0 radical (unpaired) electrons. The first-order valence-corrected chi connectivity index (χ1v) is 10.4. The lowest BCUT2D eigenvalue weighted by atomic mass is 9.99. The van der Waals surface area contributed by atoms with Gasteiger partial charge in [0.2, 0.25) is 0 Å². The normalized spacial score (nSPS) is 17.8. The van der Waals surface area contributed by atoms with E-state index in [0.29, 0.717) is 17.3 Å². The Kier molecular flexibility index (Phi) is 9.06. The van der Waals surface area contributed by atoms with Crippen LogP contribution >= 0.6 is 0 Å². The third-order valence-corrected chi connectivity index (χ3v) is 5.11. The highest BCUT2D eigenvalue weighted by atomic mass is 16.5. The average Bonchev–Trinajstić information content (AvgIpc) is 3.25. The van der Waals surface area contributed by atoms with E-state index in [2.05, 4.69) is 39.0 Å². The summed E-state index contributed by atoms with van der Waals surface area (Å²) in [6.07, 6.45) is 19.9. The predicted molar refractivity (Wildman–Crippen MR) is 115 cm³/mol. The molecule has 0 N–H and O–H groups in total. The molecule has 0 unspecified atom stereocenters. The van der Waals surface area contributed by atoms with Crippen molar-refractivity contribution in [1.29, 1.82) is 0 Å². The van der Waals surface area contributed by atoms with Crippen LogP contribution in [0.3, 0.4) is 0 Å². The number of carbonyl (C=O) groups is 1. The molecule has 0 aliphatic carbocycles. The predicted octanol–water partition coefficient (Wildman–Crippen LogP) is 7.08. The van der Waals surface area contributed by atoms with Crippen molar-refractivity contribution in [2.24, 2.45) is 5.92 Å². The monoisotopic (exact) mass is 382 g/mol. The highest BCUT2D eigenvalue weighted by molar-refractivity contribution is 5.92. The lowest BCUT2D eigenvalue weighted by Gasteiger charge is -2.08. The molecule has 3 heteroatoms. The molecule has 2 rings (SSSR count). The van der Waals surface area contributed by atoms with E-state index in [4.69, 9.17) is 9.15 Å². The highest BCUT2D eigenvalue weighted by Crippen LogP contribution is 2.21. The Morgan fingerprint density at radius 2 is 1.89 bits per heavy atom. The molecule has 1 aromatic heterocycles. The molecule has 0 aromatic carbocycles. The fourth-order valence-corrected chi connectivity index (χ4v) is 3.31. The van der Waals surface area contributed by atoms with Crippen LogP contribution in [0.5, 0.6) is 0 Å². The largest absolute Gasteiger partial charge is 0.472 e. The molecule has 0 saturated carbocycles. The topological polar surface area (TPSA) is 39.4 Å². The summed E-state index contributed by atoms with van der Waals surface area (Å²) in [5.74, 6) is 0.901. The van der Waals surface area contributed by atoms with Crippen molar-refractivity contribution >= 4 is 5.97 Å². The number of ether oxygens (including phenoxy) is 1. The molecule has 0 fully saturated rings. The number of furan rings is 1. The summed E-state index contributed by atoms with van der Waals surface area (Å²) in [4.78, 5) is 11.4.